The van der Waals surface area contributed by atoms with E-state index in [1.165, 1.54) is 21.9 Å². The molecule has 3 rings (SSSR count). The molecule has 0 radical (unpaired) electrons. The van der Waals surface area contributed by atoms with Gasteiger partial charge >= 0.3 is 0 Å². The minimum absolute atomic E-state index is 0.363. The van der Waals surface area contributed by atoms with Crippen molar-refractivity contribution in [2.75, 3.05) is 0 Å². The lowest BCUT2D eigenvalue weighted by atomic mass is 10.0. The van der Waals surface area contributed by atoms with Crippen molar-refractivity contribution >= 4 is 22.3 Å². The maximum atomic E-state index is 10.7. The highest BCUT2D eigenvalue weighted by atomic mass is 16.1. The first-order valence-electron chi connectivity index (χ1n) is 11.0. The number of fused-ring (bicyclic) bond motifs is 1. The minimum Gasteiger partial charge on any atom is -0.366 e. The fraction of sp³-hybridized carbons (Fsp3) is 0.276. The van der Waals surface area contributed by atoms with Crippen molar-refractivity contribution in [1.82, 2.24) is 0 Å². The van der Waals surface area contributed by atoms with Gasteiger partial charge in [-0.2, -0.15) is 0 Å². The number of rotatable bonds is 4. The number of amides is 1. The number of hydrogen-bond donors (Lipinski definition) is 1. The number of aryl methyl sites for hydroxylation is 1. The Morgan fingerprint density at radius 3 is 1.84 bits per heavy atom. The molecular weight excluding hydrogens is 378 g/mol. The molecule has 2 heteroatoms. The summed E-state index contributed by atoms with van der Waals surface area (Å²) in [5, 5.41) is 2.57. The summed E-state index contributed by atoms with van der Waals surface area (Å²) in [6, 6.07) is 22.1. The molecule has 1 amide bonds. The van der Waals surface area contributed by atoms with E-state index >= 15 is 0 Å². The normalized spacial score (nSPS) is 8.58. The third-order valence-corrected chi connectivity index (χ3v) is 4.03. The first kappa shape index (κ1) is 30.1. The molecule has 0 atom stereocenters. The molecule has 2 N–H and O–H groups in total. The molecule has 0 saturated heterocycles. The van der Waals surface area contributed by atoms with Gasteiger partial charge in [0.25, 0.3) is 0 Å². The molecule has 168 valence electrons. The van der Waals surface area contributed by atoms with Crippen molar-refractivity contribution in [2.45, 2.75) is 54.4 Å². The molecule has 0 aliphatic rings. The predicted molar refractivity (Wildman–Crippen MR) is 142 cm³/mol. The summed E-state index contributed by atoms with van der Waals surface area (Å²) < 4.78 is 0. The zero-order valence-corrected chi connectivity index (χ0v) is 20.4. The second-order valence-corrected chi connectivity index (χ2v) is 6.12. The summed E-state index contributed by atoms with van der Waals surface area (Å²) in [5.74, 6) is -0.363. The van der Waals surface area contributed by atoms with Crippen LogP contribution in [-0.2, 0) is 6.42 Å². The van der Waals surface area contributed by atoms with Crippen LogP contribution in [0.3, 0.4) is 0 Å². The van der Waals surface area contributed by atoms with E-state index in [1.807, 2.05) is 46.8 Å². The Morgan fingerprint density at radius 2 is 1.35 bits per heavy atom. The summed E-state index contributed by atoms with van der Waals surface area (Å²) in [6.45, 7) is 22.1. The maximum absolute atomic E-state index is 10.7. The molecule has 0 bridgehead atoms. The molecule has 0 unspecified atom stereocenters. The van der Waals surface area contributed by atoms with Crippen molar-refractivity contribution in [3.63, 3.8) is 0 Å². The fourth-order valence-electron chi connectivity index (χ4n) is 2.72. The van der Waals surface area contributed by atoms with Gasteiger partial charge < -0.3 is 5.73 Å². The van der Waals surface area contributed by atoms with E-state index in [2.05, 4.69) is 69.1 Å². The average Bonchev–Trinajstić information content (AvgIpc) is 2.83. The summed E-state index contributed by atoms with van der Waals surface area (Å²) in [6.07, 6.45) is 2.18. The first-order chi connectivity index (χ1) is 15.0. The van der Waals surface area contributed by atoms with Crippen LogP contribution in [0.15, 0.2) is 86.5 Å². The fourth-order valence-corrected chi connectivity index (χ4v) is 2.72. The van der Waals surface area contributed by atoms with Crippen molar-refractivity contribution in [3.05, 3.63) is 103 Å². The van der Waals surface area contributed by atoms with Gasteiger partial charge in [0.1, 0.15) is 0 Å². The Labute approximate surface area is 190 Å². The second kappa shape index (κ2) is 18.9. The number of benzene rings is 3. The molecule has 2 nitrogen and oxygen atoms in total. The number of allylic oxidation sites excluding steroid dienone is 1. The Hall–Kier alpha value is -3.13. The van der Waals surface area contributed by atoms with Gasteiger partial charge in [-0.25, -0.2) is 0 Å². The molecule has 0 spiro atoms. The van der Waals surface area contributed by atoms with Gasteiger partial charge in [-0.1, -0.05) is 108 Å². The van der Waals surface area contributed by atoms with Crippen LogP contribution in [0.25, 0.3) is 16.3 Å². The quantitative estimate of drug-likeness (QED) is 0.423. The Bertz CT molecular complexity index is 873. The third kappa shape index (κ3) is 11.0. The summed E-state index contributed by atoms with van der Waals surface area (Å²) in [7, 11) is 0. The van der Waals surface area contributed by atoms with Crippen molar-refractivity contribution in [3.8, 4) is 0 Å². The summed E-state index contributed by atoms with van der Waals surface area (Å²) >= 11 is 0. The van der Waals surface area contributed by atoms with Crippen LogP contribution in [0.1, 0.15) is 69.4 Å². The predicted octanol–water partition coefficient (Wildman–Crippen LogP) is 8.47. The van der Waals surface area contributed by atoms with Crippen LogP contribution in [0.2, 0.25) is 0 Å². The standard InChI is InChI=1S/C13H12.C10H13NO.2C2H6.C2H4/c1-10(2)12-9-5-7-11-6-3-4-8-13(11)12;1-2-3-8-4-6-9(7-5-8)10(11)12;3*1-2/h3-9H,1H2,2H3;4-7H,2-3H2,1H3,(H2,11,12);2*1-2H3;1-2H2. The molecule has 3 aromatic carbocycles. The Balaban J connectivity index is 0. The SMILES string of the molecule is C=C.C=C(C)c1cccc2ccccc12.CC.CC.CCCc1ccc(C(N)=O)cc1. The number of nitrogens with two attached hydrogens (primary N) is 1. The van der Waals surface area contributed by atoms with Crippen molar-refractivity contribution < 1.29 is 4.79 Å². The van der Waals surface area contributed by atoms with Gasteiger partial charge in [0.05, 0.1) is 0 Å². The number of carbonyl (C=O) groups excluding carboxylic acids is 1. The number of hydrogen-bond acceptors (Lipinski definition) is 1. The van der Waals surface area contributed by atoms with Crippen LogP contribution in [-0.4, -0.2) is 5.91 Å². The highest BCUT2D eigenvalue weighted by molar-refractivity contribution is 5.93. The van der Waals surface area contributed by atoms with Gasteiger partial charge in [0.15, 0.2) is 0 Å². The van der Waals surface area contributed by atoms with E-state index in [1.54, 1.807) is 12.1 Å². The van der Waals surface area contributed by atoms with Crippen LogP contribution in [0.4, 0.5) is 0 Å². The summed E-state index contributed by atoms with van der Waals surface area (Å²) in [5.41, 5.74) is 9.30. The van der Waals surface area contributed by atoms with E-state index in [9.17, 15) is 4.79 Å². The smallest absolute Gasteiger partial charge is 0.248 e. The van der Waals surface area contributed by atoms with Gasteiger partial charge in [-0.3, -0.25) is 4.79 Å². The second-order valence-electron chi connectivity index (χ2n) is 6.12. The van der Waals surface area contributed by atoms with Crippen LogP contribution < -0.4 is 5.73 Å². The van der Waals surface area contributed by atoms with Crippen LogP contribution in [0.5, 0.6) is 0 Å². The Kier molecular flexibility index (Phi) is 18.3. The molecule has 0 heterocycles. The van der Waals surface area contributed by atoms with Crippen molar-refractivity contribution in [1.29, 1.82) is 0 Å². The molecule has 3 aromatic rings. The van der Waals surface area contributed by atoms with E-state index in [-0.39, 0.29) is 5.91 Å². The molecular formula is C29H41NO. The highest BCUT2D eigenvalue weighted by Crippen LogP contribution is 2.23. The topological polar surface area (TPSA) is 43.1 Å². The van der Waals surface area contributed by atoms with Crippen LogP contribution in [0, 0.1) is 0 Å². The minimum atomic E-state index is -0.363. The van der Waals surface area contributed by atoms with E-state index < -0.39 is 0 Å². The lowest BCUT2D eigenvalue weighted by Gasteiger charge is -2.04. The van der Waals surface area contributed by atoms with E-state index in [4.69, 9.17) is 5.73 Å². The van der Waals surface area contributed by atoms with Crippen molar-refractivity contribution in [2.24, 2.45) is 5.73 Å². The maximum Gasteiger partial charge on any atom is 0.248 e. The molecule has 0 aliphatic heterocycles. The molecule has 0 aromatic heterocycles. The first-order valence-corrected chi connectivity index (χ1v) is 11.0. The summed E-state index contributed by atoms with van der Waals surface area (Å²) in [4.78, 5) is 10.7. The molecule has 0 fully saturated rings. The molecule has 0 aliphatic carbocycles. The molecule has 31 heavy (non-hydrogen) atoms. The lowest BCUT2D eigenvalue weighted by molar-refractivity contribution is 0.100. The zero-order valence-electron chi connectivity index (χ0n) is 20.4. The van der Waals surface area contributed by atoms with Gasteiger partial charge in [-0.15, -0.1) is 13.2 Å². The van der Waals surface area contributed by atoms with E-state index in [0.29, 0.717) is 5.56 Å². The van der Waals surface area contributed by atoms with Gasteiger partial charge in [0, 0.05) is 5.56 Å². The molecule has 0 saturated carbocycles. The average molecular weight is 420 g/mol. The van der Waals surface area contributed by atoms with Gasteiger partial charge in [0.2, 0.25) is 5.91 Å². The number of primary amides is 1. The Morgan fingerprint density at radius 1 is 0.839 bits per heavy atom. The number of carbonyl (C=O) groups is 1. The lowest BCUT2D eigenvalue weighted by Crippen LogP contribution is -2.10. The van der Waals surface area contributed by atoms with E-state index in [0.717, 1.165) is 18.4 Å². The largest absolute Gasteiger partial charge is 0.366 e. The van der Waals surface area contributed by atoms with Crippen LogP contribution >= 0.6 is 0 Å². The van der Waals surface area contributed by atoms with Gasteiger partial charge in [-0.05, 0) is 47.4 Å². The third-order valence-electron chi connectivity index (χ3n) is 4.03. The zero-order chi connectivity index (χ0) is 24.2. The monoisotopic (exact) mass is 419 g/mol. The highest BCUT2D eigenvalue weighted by Gasteiger charge is 1.99.